The maximum Gasteiger partial charge on any atom is 0.0837 e. The Balaban J connectivity index is 1.90. The molecule has 1 fully saturated rings. The zero-order valence-electron chi connectivity index (χ0n) is 10.2. The molecule has 1 nitrogen and oxygen atoms in total. The number of halogens is 1. The number of pyridine rings is 1. The van der Waals surface area contributed by atoms with Crippen LogP contribution in [0.25, 0.3) is 10.9 Å². The normalized spacial score (nSPS) is 24.3. The third kappa shape index (κ3) is 2.50. The summed E-state index contributed by atoms with van der Waals surface area (Å²) in [5.41, 5.74) is 1.11. The molecule has 0 amide bonds. The van der Waals surface area contributed by atoms with Crippen LogP contribution in [0.3, 0.4) is 0 Å². The minimum absolute atomic E-state index is 0.308. The molecule has 3 heteroatoms. The summed E-state index contributed by atoms with van der Waals surface area (Å²) in [7, 11) is 0. The Kier molecular flexibility index (Phi) is 3.76. The molecule has 0 spiro atoms. The van der Waals surface area contributed by atoms with E-state index in [2.05, 4.69) is 29.2 Å². The summed E-state index contributed by atoms with van der Waals surface area (Å²) in [6.45, 7) is 0. The summed E-state index contributed by atoms with van der Waals surface area (Å²) in [5.74, 6) is 0. The van der Waals surface area contributed by atoms with Crippen LogP contribution in [-0.2, 0) is 0 Å². The Labute approximate surface area is 117 Å². The van der Waals surface area contributed by atoms with E-state index in [1.807, 2.05) is 24.0 Å². The molecule has 0 N–H and O–H groups in total. The first-order valence-electron chi connectivity index (χ1n) is 6.49. The van der Waals surface area contributed by atoms with E-state index in [0.29, 0.717) is 10.6 Å². The number of rotatable bonds is 2. The smallest absolute Gasteiger partial charge is 0.0837 e. The third-order valence-electron chi connectivity index (χ3n) is 3.50. The van der Waals surface area contributed by atoms with Crippen molar-refractivity contribution in [3.05, 3.63) is 36.5 Å². The second kappa shape index (κ2) is 5.50. The molecule has 3 rings (SSSR count). The van der Waals surface area contributed by atoms with Crippen LogP contribution < -0.4 is 0 Å². The SMILES string of the molecule is ClC1CCCCC1Sc1cccc2cccnc12. The van der Waals surface area contributed by atoms with Crippen LogP contribution in [0.1, 0.15) is 25.7 Å². The van der Waals surface area contributed by atoms with Crippen LogP contribution in [0, 0.1) is 0 Å². The lowest BCUT2D eigenvalue weighted by Crippen LogP contribution is -2.21. The summed E-state index contributed by atoms with van der Waals surface area (Å²) < 4.78 is 0. The fourth-order valence-electron chi connectivity index (χ4n) is 2.52. The van der Waals surface area contributed by atoms with Gasteiger partial charge in [-0.2, -0.15) is 0 Å². The molecule has 1 saturated carbocycles. The maximum absolute atomic E-state index is 6.44. The zero-order valence-corrected chi connectivity index (χ0v) is 11.8. The van der Waals surface area contributed by atoms with Crippen molar-refractivity contribution in [3.8, 4) is 0 Å². The minimum Gasteiger partial charge on any atom is -0.255 e. The van der Waals surface area contributed by atoms with Crippen molar-refractivity contribution in [1.29, 1.82) is 0 Å². The van der Waals surface area contributed by atoms with Gasteiger partial charge in [0.05, 0.1) is 5.52 Å². The lowest BCUT2D eigenvalue weighted by molar-refractivity contribution is 0.522. The van der Waals surface area contributed by atoms with Crippen LogP contribution >= 0.6 is 23.4 Å². The molecule has 0 bridgehead atoms. The third-order valence-corrected chi connectivity index (χ3v) is 5.62. The van der Waals surface area contributed by atoms with Crippen molar-refractivity contribution >= 4 is 34.3 Å². The number of nitrogens with zero attached hydrogens (tertiary/aromatic N) is 1. The van der Waals surface area contributed by atoms with Gasteiger partial charge in [0, 0.05) is 27.1 Å². The molecule has 2 aromatic rings. The Bertz CT molecular complexity index is 538. The quantitative estimate of drug-likeness (QED) is 0.726. The van der Waals surface area contributed by atoms with Gasteiger partial charge >= 0.3 is 0 Å². The molecule has 0 saturated heterocycles. The summed E-state index contributed by atoms with van der Waals surface area (Å²) in [5, 5.41) is 2.06. The van der Waals surface area contributed by atoms with E-state index in [-0.39, 0.29) is 0 Å². The lowest BCUT2D eigenvalue weighted by Gasteiger charge is -2.26. The highest BCUT2D eigenvalue weighted by Crippen LogP contribution is 2.38. The molecule has 94 valence electrons. The molecule has 1 aromatic carbocycles. The number of thioether (sulfide) groups is 1. The van der Waals surface area contributed by atoms with Crippen molar-refractivity contribution < 1.29 is 0 Å². The van der Waals surface area contributed by atoms with Gasteiger partial charge in [-0.25, -0.2) is 0 Å². The topological polar surface area (TPSA) is 12.9 Å². The van der Waals surface area contributed by atoms with Crippen LogP contribution in [0.15, 0.2) is 41.4 Å². The summed E-state index contributed by atoms with van der Waals surface area (Å²) in [4.78, 5) is 5.78. The highest BCUT2D eigenvalue weighted by Gasteiger charge is 2.24. The fourth-order valence-corrected chi connectivity index (χ4v) is 4.29. The number of benzene rings is 1. The first-order chi connectivity index (χ1) is 8.84. The number of aromatic nitrogens is 1. The average Bonchev–Trinajstić information content (AvgIpc) is 2.42. The summed E-state index contributed by atoms with van der Waals surface area (Å²) in [6.07, 6.45) is 6.82. The summed E-state index contributed by atoms with van der Waals surface area (Å²) in [6, 6.07) is 10.5. The second-order valence-corrected chi connectivity index (χ2v) is 6.63. The minimum atomic E-state index is 0.308. The van der Waals surface area contributed by atoms with Gasteiger partial charge in [0.2, 0.25) is 0 Å². The predicted octanol–water partition coefficient (Wildman–Crippen LogP) is 4.88. The molecule has 1 aromatic heterocycles. The number of fused-ring (bicyclic) bond motifs is 1. The predicted molar refractivity (Wildman–Crippen MR) is 79.5 cm³/mol. The fraction of sp³-hybridized carbons (Fsp3) is 0.400. The molecule has 1 heterocycles. The molecule has 2 atom stereocenters. The van der Waals surface area contributed by atoms with Gasteiger partial charge in [-0.15, -0.1) is 23.4 Å². The Morgan fingerprint density at radius 2 is 1.94 bits per heavy atom. The zero-order chi connectivity index (χ0) is 12.4. The lowest BCUT2D eigenvalue weighted by atomic mass is 10.00. The van der Waals surface area contributed by atoms with E-state index in [1.165, 1.54) is 29.5 Å². The Morgan fingerprint density at radius 3 is 2.83 bits per heavy atom. The van der Waals surface area contributed by atoms with E-state index in [1.54, 1.807) is 0 Å². The number of para-hydroxylation sites is 1. The van der Waals surface area contributed by atoms with Gasteiger partial charge < -0.3 is 0 Å². The van der Waals surface area contributed by atoms with Gasteiger partial charge in [0.25, 0.3) is 0 Å². The van der Waals surface area contributed by atoms with Crippen molar-refractivity contribution in [2.24, 2.45) is 0 Å². The molecule has 2 unspecified atom stereocenters. The highest BCUT2D eigenvalue weighted by molar-refractivity contribution is 8.00. The van der Waals surface area contributed by atoms with Crippen LogP contribution in [0.2, 0.25) is 0 Å². The molecule has 1 aliphatic rings. The van der Waals surface area contributed by atoms with Crippen LogP contribution in [0.5, 0.6) is 0 Å². The molecule has 0 aliphatic heterocycles. The van der Waals surface area contributed by atoms with Gasteiger partial charge in [-0.3, -0.25) is 4.98 Å². The van der Waals surface area contributed by atoms with Crippen molar-refractivity contribution in [2.45, 2.75) is 41.2 Å². The second-order valence-electron chi connectivity index (χ2n) is 4.79. The van der Waals surface area contributed by atoms with Crippen molar-refractivity contribution in [1.82, 2.24) is 4.98 Å². The molecular weight excluding hydrogens is 262 g/mol. The first kappa shape index (κ1) is 12.3. The van der Waals surface area contributed by atoms with Crippen LogP contribution in [0.4, 0.5) is 0 Å². The molecule has 0 radical (unpaired) electrons. The van der Waals surface area contributed by atoms with Crippen LogP contribution in [-0.4, -0.2) is 15.6 Å². The summed E-state index contributed by atoms with van der Waals surface area (Å²) >= 11 is 8.35. The highest BCUT2D eigenvalue weighted by atomic mass is 35.5. The first-order valence-corrected chi connectivity index (χ1v) is 7.81. The van der Waals surface area contributed by atoms with Gasteiger partial charge in [0.15, 0.2) is 0 Å². The average molecular weight is 278 g/mol. The van der Waals surface area contributed by atoms with Gasteiger partial charge in [-0.1, -0.05) is 31.0 Å². The van der Waals surface area contributed by atoms with E-state index in [9.17, 15) is 0 Å². The standard InChI is InChI=1S/C15H16ClNS/c16-12-7-1-2-8-13(12)18-14-9-3-5-11-6-4-10-17-15(11)14/h3-6,9-10,12-13H,1-2,7-8H2. The van der Waals surface area contributed by atoms with Gasteiger partial charge in [-0.05, 0) is 25.0 Å². The van der Waals surface area contributed by atoms with E-state index in [0.717, 1.165) is 11.9 Å². The van der Waals surface area contributed by atoms with E-state index < -0.39 is 0 Å². The van der Waals surface area contributed by atoms with Gasteiger partial charge in [0.1, 0.15) is 0 Å². The molecule has 18 heavy (non-hydrogen) atoms. The molecule has 1 aliphatic carbocycles. The monoisotopic (exact) mass is 277 g/mol. The Morgan fingerprint density at radius 1 is 1.11 bits per heavy atom. The van der Waals surface area contributed by atoms with Crippen molar-refractivity contribution in [3.63, 3.8) is 0 Å². The number of hydrogen-bond donors (Lipinski definition) is 0. The number of alkyl halides is 1. The maximum atomic E-state index is 6.44. The van der Waals surface area contributed by atoms with E-state index in [4.69, 9.17) is 11.6 Å². The molecular formula is C15H16ClNS. The largest absolute Gasteiger partial charge is 0.255 e. The Hall–Kier alpha value is -0.730. The van der Waals surface area contributed by atoms with Crippen molar-refractivity contribution in [2.75, 3.05) is 0 Å². The van der Waals surface area contributed by atoms with E-state index >= 15 is 0 Å². The number of hydrogen-bond acceptors (Lipinski definition) is 2.